The van der Waals surface area contributed by atoms with Crippen LogP contribution in [0.25, 0.3) is 0 Å². The highest BCUT2D eigenvalue weighted by molar-refractivity contribution is 6.01. The topological polar surface area (TPSA) is 66.9 Å². The molecule has 0 saturated heterocycles. The zero-order valence-corrected chi connectivity index (χ0v) is 13.5. The van der Waals surface area contributed by atoms with Crippen LogP contribution in [0.2, 0.25) is 0 Å². The molecule has 1 aliphatic carbocycles. The highest BCUT2D eigenvalue weighted by Crippen LogP contribution is 2.26. The van der Waals surface area contributed by atoms with Crippen LogP contribution in [0.15, 0.2) is 72.5 Å². The molecule has 5 nitrogen and oxygen atoms in total. The second kappa shape index (κ2) is 7.55. The third kappa shape index (κ3) is 3.87. The van der Waals surface area contributed by atoms with Gasteiger partial charge in [-0.05, 0) is 42.7 Å². The van der Waals surface area contributed by atoms with Crippen molar-refractivity contribution in [2.24, 2.45) is 0 Å². The fraction of sp³-hybridized carbons (Fsp3) is 0.211. The van der Waals surface area contributed by atoms with Crippen LogP contribution in [0.4, 0.5) is 5.82 Å². The molecule has 0 spiro atoms. The van der Waals surface area contributed by atoms with E-state index in [1.54, 1.807) is 18.6 Å². The number of anilines is 1. The number of carbonyl (C=O) groups excluding carboxylic acids is 1. The molecule has 2 heterocycles. The second-order valence-corrected chi connectivity index (χ2v) is 5.66. The van der Waals surface area contributed by atoms with Gasteiger partial charge in [-0.3, -0.25) is 9.78 Å². The minimum atomic E-state index is 0.118. The van der Waals surface area contributed by atoms with E-state index in [4.69, 9.17) is 0 Å². The summed E-state index contributed by atoms with van der Waals surface area (Å²) in [7, 11) is 0. The van der Waals surface area contributed by atoms with E-state index in [9.17, 15) is 4.79 Å². The van der Waals surface area contributed by atoms with Gasteiger partial charge < -0.3 is 10.6 Å². The first kappa shape index (κ1) is 15.9. The van der Waals surface area contributed by atoms with E-state index >= 15 is 0 Å². The summed E-state index contributed by atoms with van der Waals surface area (Å²) in [4.78, 5) is 20.7. The van der Waals surface area contributed by atoms with Gasteiger partial charge in [0.25, 0.3) is 0 Å². The zero-order chi connectivity index (χ0) is 16.8. The molecule has 0 aliphatic heterocycles. The van der Waals surface area contributed by atoms with Gasteiger partial charge in [-0.25, -0.2) is 4.98 Å². The van der Waals surface area contributed by atoms with Crippen molar-refractivity contribution >= 4 is 11.6 Å². The van der Waals surface area contributed by atoms with Gasteiger partial charge in [0.2, 0.25) is 0 Å². The molecular formula is C19H20N4O. The summed E-state index contributed by atoms with van der Waals surface area (Å²) >= 11 is 0. The summed E-state index contributed by atoms with van der Waals surface area (Å²) in [6, 6.07) is 9.50. The van der Waals surface area contributed by atoms with Crippen LogP contribution in [0.3, 0.4) is 0 Å². The van der Waals surface area contributed by atoms with Crippen LogP contribution in [0, 0.1) is 0 Å². The Balaban J connectivity index is 1.78. The maximum absolute atomic E-state index is 12.4. The molecule has 2 N–H and O–H groups in total. The largest absolute Gasteiger partial charge is 0.384 e. The van der Waals surface area contributed by atoms with Crippen LogP contribution < -0.4 is 10.6 Å². The SMILES string of the molecule is C=C(Nc1ccccn1)C1=C(NCc2ccncc2)CCCC1=O. The lowest BCUT2D eigenvalue weighted by Crippen LogP contribution is -2.24. The van der Waals surface area contributed by atoms with Crippen LogP contribution in [0.5, 0.6) is 0 Å². The minimum Gasteiger partial charge on any atom is -0.384 e. The van der Waals surface area contributed by atoms with Gasteiger partial charge in [0.1, 0.15) is 5.82 Å². The third-order valence-corrected chi connectivity index (χ3v) is 3.91. The molecule has 0 aromatic carbocycles. The molecule has 0 fully saturated rings. The van der Waals surface area contributed by atoms with Gasteiger partial charge in [0, 0.05) is 43.0 Å². The fourth-order valence-electron chi connectivity index (χ4n) is 2.73. The molecule has 0 unspecified atom stereocenters. The maximum atomic E-state index is 12.4. The molecular weight excluding hydrogens is 300 g/mol. The third-order valence-electron chi connectivity index (χ3n) is 3.91. The molecule has 2 aromatic rings. The molecule has 2 aromatic heterocycles. The Morgan fingerprint density at radius 3 is 2.71 bits per heavy atom. The molecule has 24 heavy (non-hydrogen) atoms. The van der Waals surface area contributed by atoms with Crippen molar-refractivity contribution in [3.63, 3.8) is 0 Å². The quantitative estimate of drug-likeness (QED) is 0.855. The molecule has 122 valence electrons. The number of nitrogens with one attached hydrogen (secondary N) is 2. The van der Waals surface area contributed by atoms with E-state index in [2.05, 4.69) is 27.2 Å². The van der Waals surface area contributed by atoms with E-state index in [0.717, 1.165) is 24.1 Å². The first-order chi connectivity index (χ1) is 11.7. The first-order valence-electron chi connectivity index (χ1n) is 8.00. The molecule has 0 radical (unpaired) electrons. The number of allylic oxidation sites excluding steroid dienone is 2. The number of hydrogen-bond donors (Lipinski definition) is 2. The average Bonchev–Trinajstić information content (AvgIpc) is 2.61. The number of Topliss-reactive ketones (excluding diaryl/α,β-unsaturated/α-hetero) is 1. The number of carbonyl (C=O) groups is 1. The van der Waals surface area contributed by atoms with Gasteiger partial charge in [0.15, 0.2) is 5.78 Å². The van der Waals surface area contributed by atoms with Crippen LogP contribution in [-0.4, -0.2) is 15.8 Å². The molecule has 0 amide bonds. The summed E-state index contributed by atoms with van der Waals surface area (Å²) in [6.45, 7) is 4.71. The van der Waals surface area contributed by atoms with Crippen molar-refractivity contribution in [1.82, 2.24) is 15.3 Å². The summed E-state index contributed by atoms with van der Waals surface area (Å²) in [5.41, 5.74) is 3.31. The normalized spacial score (nSPS) is 14.4. The number of rotatable bonds is 6. The van der Waals surface area contributed by atoms with E-state index in [1.807, 2.05) is 30.3 Å². The van der Waals surface area contributed by atoms with E-state index in [1.165, 1.54) is 0 Å². The Morgan fingerprint density at radius 1 is 1.12 bits per heavy atom. The number of hydrogen-bond acceptors (Lipinski definition) is 5. The van der Waals surface area contributed by atoms with Crippen LogP contribution in [-0.2, 0) is 11.3 Å². The van der Waals surface area contributed by atoms with Gasteiger partial charge in [-0.15, -0.1) is 0 Å². The Hall–Kier alpha value is -2.95. The Kier molecular flexibility index (Phi) is 5.01. The van der Waals surface area contributed by atoms with E-state index in [-0.39, 0.29) is 5.78 Å². The fourth-order valence-corrected chi connectivity index (χ4v) is 2.73. The predicted molar refractivity (Wildman–Crippen MR) is 94.0 cm³/mol. The standard InChI is InChI=1S/C19H20N4O/c1-14(23-18-7-2-3-10-21-18)19-16(5-4-6-17(19)24)22-13-15-8-11-20-12-9-15/h2-3,7-12,22H,1,4-6,13H2,(H,21,23). The first-order valence-corrected chi connectivity index (χ1v) is 8.00. The van der Waals surface area contributed by atoms with Gasteiger partial charge >= 0.3 is 0 Å². The van der Waals surface area contributed by atoms with Crippen LogP contribution >= 0.6 is 0 Å². The lowest BCUT2D eigenvalue weighted by molar-refractivity contribution is -0.115. The molecule has 3 rings (SSSR count). The van der Waals surface area contributed by atoms with Crippen molar-refractivity contribution in [3.05, 3.63) is 78.0 Å². The van der Waals surface area contributed by atoms with Gasteiger partial charge in [-0.1, -0.05) is 12.6 Å². The highest BCUT2D eigenvalue weighted by atomic mass is 16.1. The summed E-state index contributed by atoms with van der Waals surface area (Å²) in [5, 5.41) is 6.53. The number of nitrogens with zero attached hydrogens (tertiary/aromatic N) is 2. The van der Waals surface area contributed by atoms with Crippen molar-refractivity contribution in [2.75, 3.05) is 5.32 Å². The molecule has 0 atom stereocenters. The number of pyridine rings is 2. The van der Waals surface area contributed by atoms with E-state index < -0.39 is 0 Å². The van der Waals surface area contributed by atoms with Gasteiger partial charge in [-0.2, -0.15) is 0 Å². The molecule has 0 saturated carbocycles. The summed E-state index contributed by atoms with van der Waals surface area (Å²) in [6.07, 6.45) is 7.49. The Labute approximate surface area is 141 Å². The second-order valence-electron chi connectivity index (χ2n) is 5.66. The van der Waals surface area contributed by atoms with Gasteiger partial charge in [0.05, 0.1) is 5.57 Å². The zero-order valence-electron chi connectivity index (χ0n) is 13.5. The van der Waals surface area contributed by atoms with Crippen molar-refractivity contribution in [2.45, 2.75) is 25.8 Å². The average molecular weight is 320 g/mol. The van der Waals surface area contributed by atoms with Crippen molar-refractivity contribution in [3.8, 4) is 0 Å². The summed E-state index contributed by atoms with van der Waals surface area (Å²) in [5.74, 6) is 0.800. The van der Waals surface area contributed by atoms with Crippen LogP contribution in [0.1, 0.15) is 24.8 Å². The molecule has 5 heteroatoms. The molecule has 1 aliphatic rings. The maximum Gasteiger partial charge on any atom is 0.166 e. The van der Waals surface area contributed by atoms with Crippen molar-refractivity contribution < 1.29 is 4.79 Å². The smallest absolute Gasteiger partial charge is 0.166 e. The number of ketones is 1. The molecule has 0 bridgehead atoms. The van der Waals surface area contributed by atoms with Crippen molar-refractivity contribution in [1.29, 1.82) is 0 Å². The number of aromatic nitrogens is 2. The highest BCUT2D eigenvalue weighted by Gasteiger charge is 2.23. The lowest BCUT2D eigenvalue weighted by Gasteiger charge is -2.22. The summed E-state index contributed by atoms with van der Waals surface area (Å²) < 4.78 is 0. The monoisotopic (exact) mass is 320 g/mol. The predicted octanol–water partition coefficient (Wildman–Crippen LogP) is 3.20. The Bertz CT molecular complexity index is 753. The Morgan fingerprint density at radius 2 is 1.96 bits per heavy atom. The minimum absolute atomic E-state index is 0.118. The van der Waals surface area contributed by atoms with E-state index in [0.29, 0.717) is 30.1 Å². The lowest BCUT2D eigenvalue weighted by atomic mass is 9.92.